The Morgan fingerprint density at radius 3 is 2.20 bits per heavy atom. The van der Waals surface area contributed by atoms with Crippen molar-refractivity contribution in [3.05, 3.63) is 12.3 Å². The van der Waals surface area contributed by atoms with Gasteiger partial charge < -0.3 is 10.6 Å². The smallest absolute Gasteiger partial charge is 0.0176 e. The normalized spacial score (nSPS) is 13.8. The van der Waals surface area contributed by atoms with Gasteiger partial charge in [-0.25, -0.2) is 0 Å². The lowest BCUT2D eigenvalue weighted by Crippen LogP contribution is -2.09. The molecule has 10 heavy (non-hydrogen) atoms. The third kappa shape index (κ3) is 7.50. The third-order valence-electron chi connectivity index (χ3n) is 1.19. The maximum Gasteiger partial charge on any atom is 0.0176 e. The first-order valence-electron chi connectivity index (χ1n) is 4.01. The summed E-state index contributed by atoms with van der Waals surface area (Å²) < 4.78 is 0. The SMILES string of the molecule is C1=CNCC1.CCNCC. The Morgan fingerprint density at radius 2 is 2.10 bits per heavy atom. The highest BCUT2D eigenvalue weighted by Gasteiger charge is 1.81. The Morgan fingerprint density at radius 1 is 1.40 bits per heavy atom. The average molecular weight is 142 g/mol. The lowest BCUT2D eigenvalue weighted by molar-refractivity contribution is 0.762. The van der Waals surface area contributed by atoms with Crippen LogP contribution < -0.4 is 10.6 Å². The van der Waals surface area contributed by atoms with Crippen LogP contribution in [0.5, 0.6) is 0 Å². The first-order valence-corrected chi connectivity index (χ1v) is 4.01. The number of hydrogen-bond donors (Lipinski definition) is 2. The summed E-state index contributed by atoms with van der Waals surface area (Å²) in [5, 5.41) is 6.15. The highest BCUT2D eigenvalue weighted by Crippen LogP contribution is 1.84. The van der Waals surface area contributed by atoms with Crippen LogP contribution in [0.4, 0.5) is 0 Å². The van der Waals surface area contributed by atoms with Gasteiger partial charge in [0, 0.05) is 6.54 Å². The zero-order valence-electron chi connectivity index (χ0n) is 6.98. The number of hydrogen-bond acceptors (Lipinski definition) is 2. The molecule has 0 aromatic carbocycles. The van der Waals surface area contributed by atoms with Crippen molar-refractivity contribution >= 4 is 0 Å². The summed E-state index contributed by atoms with van der Waals surface area (Å²) in [6.45, 7) is 7.53. The Hall–Kier alpha value is -0.500. The fourth-order valence-corrected chi connectivity index (χ4v) is 0.667. The second-order valence-electron chi connectivity index (χ2n) is 2.10. The predicted molar refractivity (Wildman–Crippen MR) is 46.0 cm³/mol. The van der Waals surface area contributed by atoms with Crippen LogP contribution in [0.3, 0.4) is 0 Å². The molecule has 0 spiro atoms. The molecule has 0 saturated heterocycles. The molecule has 0 aliphatic carbocycles. The molecule has 60 valence electrons. The number of nitrogens with one attached hydrogen (secondary N) is 2. The van der Waals surface area contributed by atoms with E-state index in [9.17, 15) is 0 Å². The standard InChI is InChI=1S/C4H7N.C4H11N/c1-2-4-5-3-1;1-3-5-4-2/h1,3,5H,2,4H2;5H,3-4H2,1-2H3. The molecular weight excluding hydrogens is 124 g/mol. The summed E-state index contributed by atoms with van der Waals surface area (Å²) in [5.74, 6) is 0. The lowest BCUT2D eigenvalue weighted by atomic mass is 10.5. The fourth-order valence-electron chi connectivity index (χ4n) is 0.667. The van der Waals surface area contributed by atoms with E-state index in [4.69, 9.17) is 0 Å². The summed E-state index contributed by atoms with van der Waals surface area (Å²) in [7, 11) is 0. The molecule has 2 heteroatoms. The van der Waals surface area contributed by atoms with Crippen molar-refractivity contribution in [1.29, 1.82) is 0 Å². The molecule has 0 unspecified atom stereocenters. The van der Waals surface area contributed by atoms with Crippen LogP contribution in [0.15, 0.2) is 12.3 Å². The van der Waals surface area contributed by atoms with E-state index in [2.05, 4.69) is 30.6 Å². The predicted octanol–water partition coefficient (Wildman–Crippen LogP) is 1.11. The fraction of sp³-hybridized carbons (Fsp3) is 0.750. The Bertz CT molecular complexity index is 71.3. The van der Waals surface area contributed by atoms with Crippen molar-refractivity contribution in [3.8, 4) is 0 Å². The van der Waals surface area contributed by atoms with Crippen molar-refractivity contribution in [1.82, 2.24) is 10.6 Å². The van der Waals surface area contributed by atoms with Crippen LogP contribution in [0.1, 0.15) is 20.3 Å². The van der Waals surface area contributed by atoms with Gasteiger partial charge in [0.25, 0.3) is 0 Å². The molecule has 1 aliphatic rings. The highest BCUT2D eigenvalue weighted by atomic mass is 14.8. The second kappa shape index (κ2) is 8.50. The van der Waals surface area contributed by atoms with Gasteiger partial charge in [0.1, 0.15) is 0 Å². The van der Waals surface area contributed by atoms with Gasteiger partial charge in [0.2, 0.25) is 0 Å². The van der Waals surface area contributed by atoms with Gasteiger partial charge >= 0.3 is 0 Å². The van der Waals surface area contributed by atoms with Gasteiger partial charge in [-0.15, -0.1) is 0 Å². The molecule has 0 aromatic rings. The molecular formula is C8H18N2. The first kappa shape index (κ1) is 9.50. The van der Waals surface area contributed by atoms with E-state index in [0.717, 1.165) is 19.6 Å². The zero-order chi connectivity index (χ0) is 7.66. The molecule has 0 atom stereocenters. The van der Waals surface area contributed by atoms with Crippen LogP contribution in [-0.4, -0.2) is 19.6 Å². The van der Waals surface area contributed by atoms with E-state index in [1.54, 1.807) is 0 Å². The van der Waals surface area contributed by atoms with Crippen molar-refractivity contribution in [3.63, 3.8) is 0 Å². The van der Waals surface area contributed by atoms with E-state index in [1.165, 1.54) is 6.42 Å². The first-order chi connectivity index (χ1) is 4.91. The van der Waals surface area contributed by atoms with Gasteiger partial charge in [0.05, 0.1) is 0 Å². The summed E-state index contributed by atoms with van der Waals surface area (Å²) in [5.41, 5.74) is 0. The van der Waals surface area contributed by atoms with Gasteiger partial charge in [-0.1, -0.05) is 19.9 Å². The molecule has 2 N–H and O–H groups in total. The van der Waals surface area contributed by atoms with Crippen LogP contribution in [0.25, 0.3) is 0 Å². The van der Waals surface area contributed by atoms with E-state index < -0.39 is 0 Å². The van der Waals surface area contributed by atoms with Crippen molar-refractivity contribution in [2.24, 2.45) is 0 Å². The van der Waals surface area contributed by atoms with Crippen LogP contribution >= 0.6 is 0 Å². The minimum atomic E-state index is 1.09. The maximum atomic E-state index is 3.11. The lowest BCUT2D eigenvalue weighted by Gasteiger charge is -1.86. The Kier molecular flexibility index (Phi) is 8.07. The molecule has 1 rings (SSSR count). The average Bonchev–Trinajstić information content (AvgIpc) is 2.44. The summed E-state index contributed by atoms with van der Waals surface area (Å²) in [6, 6.07) is 0. The van der Waals surface area contributed by atoms with Crippen molar-refractivity contribution in [2.75, 3.05) is 19.6 Å². The molecule has 0 amide bonds. The van der Waals surface area contributed by atoms with Crippen LogP contribution in [0.2, 0.25) is 0 Å². The van der Waals surface area contributed by atoms with E-state index >= 15 is 0 Å². The van der Waals surface area contributed by atoms with Crippen LogP contribution in [-0.2, 0) is 0 Å². The molecule has 1 heterocycles. The summed E-state index contributed by atoms with van der Waals surface area (Å²) in [6.07, 6.45) is 5.32. The summed E-state index contributed by atoms with van der Waals surface area (Å²) >= 11 is 0. The topological polar surface area (TPSA) is 24.1 Å². The minimum Gasteiger partial charge on any atom is -0.391 e. The van der Waals surface area contributed by atoms with E-state index in [1.807, 2.05) is 6.20 Å². The number of rotatable bonds is 2. The van der Waals surface area contributed by atoms with E-state index in [-0.39, 0.29) is 0 Å². The van der Waals surface area contributed by atoms with Crippen molar-refractivity contribution < 1.29 is 0 Å². The van der Waals surface area contributed by atoms with E-state index in [0.29, 0.717) is 0 Å². The molecule has 0 bridgehead atoms. The van der Waals surface area contributed by atoms with Crippen molar-refractivity contribution in [2.45, 2.75) is 20.3 Å². The van der Waals surface area contributed by atoms with Gasteiger partial charge in [-0.05, 0) is 25.7 Å². The van der Waals surface area contributed by atoms with Gasteiger partial charge in [-0.3, -0.25) is 0 Å². The quantitative estimate of drug-likeness (QED) is 0.603. The third-order valence-corrected chi connectivity index (χ3v) is 1.19. The zero-order valence-corrected chi connectivity index (χ0v) is 6.98. The largest absolute Gasteiger partial charge is 0.391 e. The monoisotopic (exact) mass is 142 g/mol. The summed E-state index contributed by atoms with van der Waals surface area (Å²) in [4.78, 5) is 0. The van der Waals surface area contributed by atoms with Crippen LogP contribution in [0, 0.1) is 0 Å². The highest BCUT2D eigenvalue weighted by molar-refractivity contribution is 4.86. The maximum absolute atomic E-state index is 3.11. The van der Waals surface area contributed by atoms with Gasteiger partial charge in [0.15, 0.2) is 0 Å². The second-order valence-corrected chi connectivity index (χ2v) is 2.10. The Balaban J connectivity index is 0.000000162. The molecule has 0 fully saturated rings. The molecule has 1 aliphatic heterocycles. The Labute approximate surface area is 63.7 Å². The molecule has 0 aromatic heterocycles. The minimum absolute atomic E-state index is 1.09. The molecule has 0 radical (unpaired) electrons. The molecule has 2 nitrogen and oxygen atoms in total. The molecule has 0 saturated carbocycles. The van der Waals surface area contributed by atoms with Gasteiger partial charge in [-0.2, -0.15) is 0 Å².